The third kappa shape index (κ3) is 4.19. The van der Waals surface area contributed by atoms with E-state index in [1.54, 1.807) is 60.7 Å². The minimum absolute atomic E-state index is 0.338. The Hall–Kier alpha value is -5.24. The Kier molecular flexibility index (Phi) is 5.76. The molecule has 6 rings (SSSR count). The molecule has 0 amide bonds. The standard InChI is InChI=1S/C32H26N4O4/c1-17-9-18(2)12-23(11-17)35-29(37)25-15-21(5-7-27(25)33-31(35)39)22-6-8-28-26(16-22)30(38)36(32(40)34-28)24-13-19(3)10-20(4)14-24/h5-16H,1-4H3,(H,33,39)(H,34,40). The van der Waals surface area contributed by atoms with Gasteiger partial charge in [0.15, 0.2) is 0 Å². The number of aryl methyl sites for hydroxylation is 4. The van der Waals surface area contributed by atoms with Crippen LogP contribution >= 0.6 is 0 Å². The molecular formula is C32H26N4O4. The van der Waals surface area contributed by atoms with Crippen LogP contribution in [-0.2, 0) is 0 Å². The molecular weight excluding hydrogens is 504 g/mol. The molecule has 8 heteroatoms. The van der Waals surface area contributed by atoms with E-state index in [0.29, 0.717) is 44.3 Å². The van der Waals surface area contributed by atoms with Crippen LogP contribution in [0.25, 0.3) is 44.3 Å². The van der Waals surface area contributed by atoms with Crippen LogP contribution in [-0.4, -0.2) is 19.1 Å². The quantitative estimate of drug-likeness (QED) is 0.349. The van der Waals surface area contributed by atoms with Crippen LogP contribution in [0.3, 0.4) is 0 Å². The van der Waals surface area contributed by atoms with Gasteiger partial charge in [-0.05, 0) is 110 Å². The van der Waals surface area contributed by atoms with Crippen molar-refractivity contribution in [3.05, 3.63) is 137 Å². The van der Waals surface area contributed by atoms with Gasteiger partial charge in [0.05, 0.1) is 33.2 Å². The highest BCUT2D eigenvalue weighted by molar-refractivity contribution is 5.88. The lowest BCUT2D eigenvalue weighted by Crippen LogP contribution is -2.33. The topological polar surface area (TPSA) is 110 Å². The Bertz CT molecular complexity index is 2050. The van der Waals surface area contributed by atoms with Crippen LogP contribution in [0.1, 0.15) is 22.3 Å². The molecule has 2 heterocycles. The van der Waals surface area contributed by atoms with Crippen molar-refractivity contribution in [1.29, 1.82) is 0 Å². The minimum atomic E-state index is -0.517. The highest BCUT2D eigenvalue weighted by Crippen LogP contribution is 2.25. The lowest BCUT2D eigenvalue weighted by Gasteiger charge is -2.11. The Balaban J connectivity index is 1.54. The fourth-order valence-corrected chi connectivity index (χ4v) is 5.42. The molecule has 0 radical (unpaired) electrons. The largest absolute Gasteiger partial charge is 0.333 e. The summed E-state index contributed by atoms with van der Waals surface area (Å²) in [6.45, 7) is 7.65. The van der Waals surface area contributed by atoms with Crippen LogP contribution < -0.4 is 22.5 Å². The summed E-state index contributed by atoms with van der Waals surface area (Å²) in [5.74, 6) is 0. The normalized spacial score (nSPS) is 11.4. The molecule has 0 bridgehead atoms. The summed E-state index contributed by atoms with van der Waals surface area (Å²) in [5, 5.41) is 0.677. The van der Waals surface area contributed by atoms with E-state index in [9.17, 15) is 19.2 Å². The second-order valence-electron chi connectivity index (χ2n) is 10.4. The maximum atomic E-state index is 13.6. The first kappa shape index (κ1) is 25.1. The summed E-state index contributed by atoms with van der Waals surface area (Å²) in [5.41, 5.74) is 5.06. The fourth-order valence-electron chi connectivity index (χ4n) is 5.42. The molecule has 0 spiro atoms. The SMILES string of the molecule is Cc1cc(C)cc(-n2c(=O)[nH]c3ccc(-c4ccc5[nH]c(=O)n(-c6cc(C)cc(C)c6)c(=O)c5c4)cc3c2=O)c1. The lowest BCUT2D eigenvalue weighted by atomic mass is 10.0. The van der Waals surface area contributed by atoms with Crippen molar-refractivity contribution in [3.63, 3.8) is 0 Å². The number of H-pyrrole nitrogens is 2. The van der Waals surface area contributed by atoms with E-state index >= 15 is 0 Å². The van der Waals surface area contributed by atoms with E-state index in [2.05, 4.69) is 9.97 Å². The number of nitrogens with zero attached hydrogens (tertiary/aromatic N) is 2. The average molecular weight is 531 g/mol. The van der Waals surface area contributed by atoms with Gasteiger partial charge in [-0.15, -0.1) is 0 Å². The number of aromatic amines is 2. The first-order chi connectivity index (χ1) is 19.1. The van der Waals surface area contributed by atoms with Gasteiger partial charge >= 0.3 is 11.4 Å². The number of rotatable bonds is 3. The zero-order chi connectivity index (χ0) is 28.3. The van der Waals surface area contributed by atoms with Gasteiger partial charge in [-0.3, -0.25) is 9.59 Å². The maximum absolute atomic E-state index is 13.6. The molecule has 40 heavy (non-hydrogen) atoms. The van der Waals surface area contributed by atoms with E-state index < -0.39 is 22.5 Å². The Morgan fingerprint density at radius 1 is 0.475 bits per heavy atom. The van der Waals surface area contributed by atoms with Crippen LogP contribution in [0, 0.1) is 27.7 Å². The zero-order valence-electron chi connectivity index (χ0n) is 22.5. The maximum Gasteiger partial charge on any atom is 0.333 e. The molecule has 0 aliphatic rings. The van der Waals surface area contributed by atoms with Crippen molar-refractivity contribution < 1.29 is 0 Å². The van der Waals surface area contributed by atoms with Crippen LogP contribution in [0.4, 0.5) is 0 Å². The van der Waals surface area contributed by atoms with Gasteiger partial charge in [0, 0.05) is 0 Å². The predicted octanol–water partition coefficient (Wildman–Crippen LogP) is 4.57. The summed E-state index contributed by atoms with van der Waals surface area (Å²) < 4.78 is 2.28. The monoisotopic (exact) mass is 530 g/mol. The second kappa shape index (κ2) is 9.20. The first-order valence-electron chi connectivity index (χ1n) is 12.8. The van der Waals surface area contributed by atoms with E-state index in [4.69, 9.17) is 0 Å². The third-order valence-electron chi connectivity index (χ3n) is 7.06. The summed E-state index contributed by atoms with van der Waals surface area (Å²) in [4.78, 5) is 58.5. The molecule has 0 aliphatic heterocycles. The molecule has 0 atom stereocenters. The number of aromatic nitrogens is 4. The van der Waals surface area contributed by atoms with Crippen LogP contribution in [0.15, 0.2) is 92.0 Å². The van der Waals surface area contributed by atoms with Gasteiger partial charge in [-0.2, -0.15) is 0 Å². The molecule has 0 aliphatic carbocycles. The third-order valence-corrected chi connectivity index (χ3v) is 7.06. The zero-order valence-corrected chi connectivity index (χ0v) is 22.5. The molecule has 0 fully saturated rings. The van der Waals surface area contributed by atoms with E-state index in [-0.39, 0.29) is 0 Å². The number of hydrogen-bond acceptors (Lipinski definition) is 4. The molecule has 2 aromatic heterocycles. The Labute approximate surface area is 227 Å². The van der Waals surface area contributed by atoms with Gasteiger partial charge < -0.3 is 9.97 Å². The molecule has 2 N–H and O–H groups in total. The van der Waals surface area contributed by atoms with E-state index in [1.807, 2.05) is 39.8 Å². The highest BCUT2D eigenvalue weighted by atomic mass is 16.2. The minimum Gasteiger partial charge on any atom is -0.306 e. The molecule has 4 aromatic carbocycles. The van der Waals surface area contributed by atoms with E-state index in [1.165, 1.54) is 0 Å². The Morgan fingerprint density at radius 3 is 1.18 bits per heavy atom. The van der Waals surface area contributed by atoms with Crippen molar-refractivity contribution in [2.75, 3.05) is 0 Å². The van der Waals surface area contributed by atoms with Crippen molar-refractivity contribution in [1.82, 2.24) is 19.1 Å². The smallest absolute Gasteiger partial charge is 0.306 e. The first-order valence-corrected chi connectivity index (χ1v) is 12.8. The van der Waals surface area contributed by atoms with E-state index in [0.717, 1.165) is 31.4 Å². The number of benzene rings is 4. The van der Waals surface area contributed by atoms with Crippen LogP contribution in [0.5, 0.6) is 0 Å². The summed E-state index contributed by atoms with van der Waals surface area (Å²) >= 11 is 0. The molecule has 0 unspecified atom stereocenters. The lowest BCUT2D eigenvalue weighted by molar-refractivity contribution is 0.898. The summed E-state index contributed by atoms with van der Waals surface area (Å²) in [6.07, 6.45) is 0. The van der Waals surface area contributed by atoms with Crippen LogP contribution in [0.2, 0.25) is 0 Å². The predicted molar refractivity (Wildman–Crippen MR) is 158 cm³/mol. The average Bonchev–Trinajstić information content (AvgIpc) is 2.87. The number of nitrogens with one attached hydrogen (secondary N) is 2. The van der Waals surface area contributed by atoms with Crippen molar-refractivity contribution in [3.8, 4) is 22.5 Å². The molecule has 0 saturated carbocycles. The number of hydrogen-bond donors (Lipinski definition) is 2. The molecule has 0 saturated heterocycles. The summed E-state index contributed by atoms with van der Waals surface area (Å²) in [6, 6.07) is 21.5. The van der Waals surface area contributed by atoms with Gasteiger partial charge in [0.25, 0.3) is 11.1 Å². The van der Waals surface area contributed by atoms with Gasteiger partial charge in [0.1, 0.15) is 0 Å². The Morgan fingerprint density at radius 2 is 0.825 bits per heavy atom. The van der Waals surface area contributed by atoms with Crippen molar-refractivity contribution in [2.45, 2.75) is 27.7 Å². The molecule has 6 aromatic rings. The molecule has 8 nitrogen and oxygen atoms in total. The van der Waals surface area contributed by atoms with Gasteiger partial charge in [0.2, 0.25) is 0 Å². The second-order valence-corrected chi connectivity index (χ2v) is 10.4. The fraction of sp³-hybridized carbons (Fsp3) is 0.125. The van der Waals surface area contributed by atoms with Crippen molar-refractivity contribution >= 4 is 21.8 Å². The number of fused-ring (bicyclic) bond motifs is 2. The highest BCUT2D eigenvalue weighted by Gasteiger charge is 2.14. The summed E-state index contributed by atoms with van der Waals surface area (Å²) in [7, 11) is 0. The van der Waals surface area contributed by atoms with Crippen molar-refractivity contribution in [2.24, 2.45) is 0 Å². The van der Waals surface area contributed by atoms with Gasteiger partial charge in [-0.1, -0.05) is 24.3 Å². The van der Waals surface area contributed by atoms with Gasteiger partial charge in [-0.25, -0.2) is 18.7 Å². The molecule has 198 valence electrons.